The van der Waals surface area contributed by atoms with E-state index in [0.29, 0.717) is 11.8 Å². The monoisotopic (exact) mass is 284 g/mol. The van der Waals surface area contributed by atoms with E-state index in [9.17, 15) is 10.2 Å². The number of aliphatic hydroxyl groups is 2. The van der Waals surface area contributed by atoms with Crippen LogP contribution in [-0.2, 0) is 0 Å². The highest BCUT2D eigenvalue weighted by molar-refractivity contribution is 14.1. The lowest BCUT2D eigenvalue weighted by molar-refractivity contribution is 0.0719. The van der Waals surface area contributed by atoms with Crippen LogP contribution in [0, 0.1) is 11.8 Å². The molecule has 0 saturated heterocycles. The second kappa shape index (κ2) is 4.77. The zero-order valence-corrected chi connectivity index (χ0v) is 9.57. The Hall–Kier alpha value is 0.650. The quantitative estimate of drug-likeness (QED) is 0.601. The molecule has 1 aliphatic carbocycles. The molecule has 0 amide bonds. The predicted octanol–water partition coefficient (Wildman–Crippen LogP) is 1.93. The number of aliphatic hydroxyl groups excluding tert-OH is 2. The first-order valence-corrected chi connectivity index (χ1v) is 5.86. The smallest absolute Gasteiger partial charge is 0.108 e. The molecule has 0 aromatic carbocycles. The molecular weight excluding hydrogens is 267 g/mol. The molecule has 0 aliphatic heterocycles. The molecule has 0 aromatic rings. The van der Waals surface area contributed by atoms with Crippen molar-refractivity contribution in [3.8, 4) is 0 Å². The van der Waals surface area contributed by atoms with Crippen LogP contribution in [0.25, 0.3) is 0 Å². The van der Waals surface area contributed by atoms with Crippen LogP contribution in [0.3, 0.4) is 0 Å². The lowest BCUT2D eigenvalue weighted by Crippen LogP contribution is -2.26. The van der Waals surface area contributed by atoms with Crippen LogP contribution in [0.2, 0.25) is 0 Å². The summed E-state index contributed by atoms with van der Waals surface area (Å²) in [7, 11) is 0. The van der Waals surface area contributed by atoms with Gasteiger partial charge in [-0.2, -0.15) is 0 Å². The van der Waals surface area contributed by atoms with E-state index in [1.807, 2.05) is 6.92 Å². The Morgan fingerprint density at radius 3 is 1.83 bits per heavy atom. The normalized spacial score (nSPS) is 36.0. The topological polar surface area (TPSA) is 40.5 Å². The molecule has 0 spiro atoms. The largest absolute Gasteiger partial charge is 0.393 e. The molecule has 1 fully saturated rings. The van der Waals surface area contributed by atoms with E-state index in [4.69, 9.17) is 0 Å². The minimum Gasteiger partial charge on any atom is -0.393 e. The van der Waals surface area contributed by atoms with Crippen molar-refractivity contribution in [1.82, 2.24) is 0 Å². The summed E-state index contributed by atoms with van der Waals surface area (Å²) in [5, 5.41) is 18.7. The predicted molar refractivity (Wildman–Crippen MR) is 57.2 cm³/mol. The fourth-order valence-corrected chi connectivity index (χ4v) is 2.62. The van der Waals surface area contributed by atoms with Crippen molar-refractivity contribution in [1.29, 1.82) is 0 Å². The number of hydrogen-bond donors (Lipinski definition) is 2. The Labute approximate surface area is 87.5 Å². The van der Waals surface area contributed by atoms with Gasteiger partial charge in [-0.25, -0.2) is 0 Å². The second-order valence-electron chi connectivity index (χ2n) is 3.79. The Kier molecular flexibility index (Phi) is 4.26. The molecule has 1 rings (SSSR count). The van der Waals surface area contributed by atoms with Gasteiger partial charge in [-0.05, 0) is 44.4 Å². The average molecular weight is 284 g/mol. The highest BCUT2D eigenvalue weighted by atomic mass is 127. The minimum absolute atomic E-state index is 0.169. The summed E-state index contributed by atoms with van der Waals surface area (Å²) >= 11 is 2.08. The maximum atomic E-state index is 9.34. The molecule has 2 N–H and O–H groups in total. The van der Waals surface area contributed by atoms with Crippen molar-refractivity contribution in [3.05, 3.63) is 0 Å². The summed E-state index contributed by atoms with van der Waals surface area (Å²) in [6, 6.07) is 0. The van der Waals surface area contributed by atoms with E-state index < -0.39 is 0 Å². The molecule has 12 heavy (non-hydrogen) atoms. The van der Waals surface area contributed by atoms with E-state index in [1.54, 1.807) is 0 Å². The Morgan fingerprint density at radius 1 is 1.08 bits per heavy atom. The van der Waals surface area contributed by atoms with Crippen molar-refractivity contribution in [3.63, 3.8) is 0 Å². The lowest BCUT2D eigenvalue weighted by Gasteiger charge is -2.30. The van der Waals surface area contributed by atoms with Crippen molar-refractivity contribution >= 4 is 22.6 Å². The van der Waals surface area contributed by atoms with Crippen LogP contribution in [0.4, 0.5) is 0 Å². The molecule has 1 aliphatic rings. The SMILES string of the molecule is CC(O)C1CCC(C(O)I)CC1. The van der Waals surface area contributed by atoms with Crippen LogP contribution in [0.1, 0.15) is 32.6 Å². The molecule has 0 aromatic heterocycles. The van der Waals surface area contributed by atoms with Gasteiger partial charge in [-0.3, -0.25) is 0 Å². The van der Waals surface area contributed by atoms with Gasteiger partial charge in [0.25, 0.3) is 0 Å². The zero-order chi connectivity index (χ0) is 9.14. The molecule has 3 heteroatoms. The Bertz CT molecular complexity index is 112. The van der Waals surface area contributed by atoms with Gasteiger partial charge in [0, 0.05) is 0 Å². The van der Waals surface area contributed by atoms with Gasteiger partial charge in [-0.15, -0.1) is 0 Å². The van der Waals surface area contributed by atoms with E-state index in [2.05, 4.69) is 22.6 Å². The summed E-state index contributed by atoms with van der Waals surface area (Å²) in [6.07, 6.45) is 4.11. The summed E-state index contributed by atoms with van der Waals surface area (Å²) in [5.41, 5.74) is 0. The van der Waals surface area contributed by atoms with Crippen LogP contribution in [0.15, 0.2) is 0 Å². The van der Waals surface area contributed by atoms with Gasteiger partial charge in [0.15, 0.2) is 0 Å². The van der Waals surface area contributed by atoms with Gasteiger partial charge in [-0.1, -0.05) is 22.6 Å². The van der Waals surface area contributed by atoms with Gasteiger partial charge < -0.3 is 10.2 Å². The maximum Gasteiger partial charge on any atom is 0.108 e. The fourth-order valence-electron chi connectivity index (χ4n) is 1.90. The number of hydrogen-bond acceptors (Lipinski definition) is 2. The molecule has 0 radical (unpaired) electrons. The average Bonchev–Trinajstić information content (AvgIpc) is 2.04. The standard InChI is InChI=1S/C9H17IO2/c1-6(11)7-2-4-8(5-3-7)9(10)12/h6-9,11-12H,2-5H2,1H3. The van der Waals surface area contributed by atoms with Crippen LogP contribution in [-0.4, -0.2) is 20.4 Å². The van der Waals surface area contributed by atoms with Crippen LogP contribution < -0.4 is 0 Å². The highest BCUT2D eigenvalue weighted by Gasteiger charge is 2.26. The number of rotatable bonds is 2. The lowest BCUT2D eigenvalue weighted by atomic mass is 9.80. The summed E-state index contributed by atoms with van der Waals surface area (Å²) in [5.74, 6) is 0.928. The summed E-state index contributed by atoms with van der Waals surface area (Å²) < 4.78 is -0.197. The molecule has 1 saturated carbocycles. The molecular formula is C9H17IO2. The van der Waals surface area contributed by atoms with Gasteiger partial charge in [0.2, 0.25) is 0 Å². The van der Waals surface area contributed by atoms with E-state index in [0.717, 1.165) is 25.7 Å². The molecule has 2 unspecified atom stereocenters. The van der Waals surface area contributed by atoms with E-state index in [-0.39, 0.29) is 10.2 Å². The first-order chi connectivity index (χ1) is 5.61. The van der Waals surface area contributed by atoms with Gasteiger partial charge in [0.1, 0.15) is 4.11 Å². The third-order valence-electron chi connectivity index (χ3n) is 2.89. The van der Waals surface area contributed by atoms with Gasteiger partial charge >= 0.3 is 0 Å². The maximum absolute atomic E-state index is 9.34. The first-order valence-electron chi connectivity index (χ1n) is 4.61. The number of halogens is 1. The highest BCUT2D eigenvalue weighted by Crippen LogP contribution is 2.34. The molecule has 2 atom stereocenters. The van der Waals surface area contributed by atoms with Gasteiger partial charge in [0.05, 0.1) is 6.10 Å². The first kappa shape index (κ1) is 10.7. The van der Waals surface area contributed by atoms with Crippen molar-refractivity contribution in [2.75, 3.05) is 0 Å². The fraction of sp³-hybridized carbons (Fsp3) is 1.00. The third kappa shape index (κ3) is 2.85. The van der Waals surface area contributed by atoms with Crippen molar-refractivity contribution < 1.29 is 10.2 Å². The molecule has 2 nitrogen and oxygen atoms in total. The zero-order valence-electron chi connectivity index (χ0n) is 7.41. The Morgan fingerprint density at radius 2 is 1.50 bits per heavy atom. The summed E-state index contributed by atoms with van der Waals surface area (Å²) in [4.78, 5) is 0. The molecule has 0 bridgehead atoms. The number of alkyl halides is 1. The van der Waals surface area contributed by atoms with Crippen LogP contribution in [0.5, 0.6) is 0 Å². The van der Waals surface area contributed by atoms with E-state index in [1.165, 1.54) is 0 Å². The van der Waals surface area contributed by atoms with E-state index >= 15 is 0 Å². The summed E-state index contributed by atoms with van der Waals surface area (Å²) in [6.45, 7) is 1.87. The second-order valence-corrected chi connectivity index (χ2v) is 5.06. The van der Waals surface area contributed by atoms with Crippen molar-refractivity contribution in [2.24, 2.45) is 11.8 Å². The molecule has 72 valence electrons. The minimum atomic E-state index is -0.197. The van der Waals surface area contributed by atoms with Crippen LogP contribution >= 0.6 is 22.6 Å². The Balaban J connectivity index is 2.30. The molecule has 0 heterocycles. The van der Waals surface area contributed by atoms with Crippen molar-refractivity contribution in [2.45, 2.75) is 42.8 Å². The third-order valence-corrected chi connectivity index (χ3v) is 3.90.